The highest BCUT2D eigenvalue weighted by Gasteiger charge is 2.26. The van der Waals surface area contributed by atoms with E-state index in [1.165, 1.54) is 24.4 Å². The van der Waals surface area contributed by atoms with Crippen LogP contribution in [0.1, 0.15) is 47.2 Å². The average Bonchev–Trinajstić information content (AvgIpc) is 2.87. The van der Waals surface area contributed by atoms with E-state index in [9.17, 15) is 14.7 Å². The van der Waals surface area contributed by atoms with Gasteiger partial charge in [-0.25, -0.2) is 9.78 Å². The number of benzene rings is 1. The van der Waals surface area contributed by atoms with Gasteiger partial charge in [-0.15, -0.1) is 0 Å². The van der Waals surface area contributed by atoms with Crippen LogP contribution >= 0.6 is 0 Å². The number of methoxy groups -OCH3 is 1. The van der Waals surface area contributed by atoms with Gasteiger partial charge in [-0.2, -0.15) is 0 Å². The number of aliphatic hydroxyl groups is 1. The predicted octanol–water partition coefficient (Wildman–Crippen LogP) is 2.73. The van der Waals surface area contributed by atoms with Crippen LogP contribution < -0.4 is 10.1 Å². The van der Waals surface area contributed by atoms with Crippen LogP contribution in [-0.2, 0) is 17.7 Å². The largest absolute Gasteiger partial charge is 0.474 e. The molecule has 0 radical (unpaired) electrons. The summed E-state index contributed by atoms with van der Waals surface area (Å²) in [6, 6.07) is 11.6. The number of carbonyl (C=O) groups excluding carboxylic acids is 2. The maximum absolute atomic E-state index is 12.6. The number of rotatable bonds is 7. The minimum absolute atomic E-state index is 0.0248. The van der Waals surface area contributed by atoms with E-state index in [1.54, 1.807) is 17.0 Å². The van der Waals surface area contributed by atoms with E-state index in [2.05, 4.69) is 22.4 Å². The van der Waals surface area contributed by atoms with Crippen LogP contribution in [0, 0.1) is 0 Å². The van der Waals surface area contributed by atoms with E-state index < -0.39 is 6.10 Å². The first-order valence-corrected chi connectivity index (χ1v) is 11.5. The van der Waals surface area contributed by atoms with Crippen molar-refractivity contribution in [3.05, 3.63) is 59.3 Å². The second-order valence-electron chi connectivity index (χ2n) is 8.65. The topological polar surface area (TPSA) is 101 Å². The zero-order valence-electron chi connectivity index (χ0n) is 18.9. The Morgan fingerprint density at radius 1 is 1.18 bits per heavy atom. The van der Waals surface area contributed by atoms with Crippen molar-refractivity contribution in [2.75, 3.05) is 20.2 Å². The van der Waals surface area contributed by atoms with Gasteiger partial charge in [0.1, 0.15) is 6.10 Å². The third-order valence-electron chi connectivity index (χ3n) is 6.47. The molecule has 2 aliphatic rings. The maximum atomic E-state index is 12.6. The summed E-state index contributed by atoms with van der Waals surface area (Å²) in [5.74, 6) is 0.420. The van der Waals surface area contributed by atoms with Crippen LogP contribution in [-0.4, -0.2) is 65.3 Å². The van der Waals surface area contributed by atoms with Gasteiger partial charge >= 0.3 is 6.09 Å². The Morgan fingerprint density at radius 2 is 1.94 bits per heavy atom. The lowest BCUT2D eigenvalue weighted by molar-refractivity contribution is 0.0772. The fourth-order valence-electron chi connectivity index (χ4n) is 4.45. The molecule has 2 N–H and O–H groups in total. The van der Waals surface area contributed by atoms with Gasteiger partial charge in [-0.05, 0) is 30.0 Å². The number of amides is 1. The van der Waals surface area contributed by atoms with Crippen molar-refractivity contribution < 1.29 is 24.2 Å². The Morgan fingerprint density at radius 3 is 2.64 bits per heavy atom. The fraction of sp³-hybridized carbons (Fsp3) is 0.480. The molecule has 0 bridgehead atoms. The van der Waals surface area contributed by atoms with Crippen LogP contribution in [0.3, 0.4) is 0 Å². The number of piperidine rings is 1. The first-order chi connectivity index (χ1) is 16.0. The van der Waals surface area contributed by atoms with Crippen LogP contribution in [0.25, 0.3) is 0 Å². The number of carbonyl (C=O) groups is 2. The number of pyridine rings is 1. The lowest BCUT2D eigenvalue weighted by atomic mass is 9.91. The summed E-state index contributed by atoms with van der Waals surface area (Å²) in [4.78, 5) is 30.1. The molecule has 1 saturated heterocycles. The van der Waals surface area contributed by atoms with E-state index in [1.807, 2.05) is 12.1 Å². The van der Waals surface area contributed by atoms with E-state index >= 15 is 0 Å². The van der Waals surface area contributed by atoms with Crippen LogP contribution in [0.4, 0.5) is 4.79 Å². The summed E-state index contributed by atoms with van der Waals surface area (Å²) in [7, 11) is 1.38. The number of hydrogen-bond acceptors (Lipinski definition) is 7. The Balaban J connectivity index is 1.22. The van der Waals surface area contributed by atoms with Crippen LogP contribution in [0.2, 0.25) is 0 Å². The molecule has 4 rings (SSSR count). The van der Waals surface area contributed by atoms with Crippen molar-refractivity contribution in [3.8, 4) is 5.88 Å². The number of aliphatic hydroxyl groups excluding tert-OH is 1. The standard InChI is InChI=1S/C25H31N3O5/c1-32-25(31)28-12-10-20(11-13-28)33-24-9-6-19(16-27-24)22(29)7-8-23(30)21-14-17-4-2-3-5-18(17)15-26-21/h2-6,9,16,20-21,23,26,30H,7-8,10-15H2,1H3/t21-,23+/m0/s1. The molecule has 8 heteroatoms. The summed E-state index contributed by atoms with van der Waals surface area (Å²) >= 11 is 0. The SMILES string of the molecule is COC(=O)N1CCC(Oc2ccc(C(=O)CC[C@@H](O)[C@@H]3Cc4ccccc4CN3)cn2)CC1. The molecule has 0 spiro atoms. The summed E-state index contributed by atoms with van der Waals surface area (Å²) in [5.41, 5.74) is 3.03. The van der Waals surface area contributed by atoms with Gasteiger partial charge in [-0.1, -0.05) is 24.3 Å². The average molecular weight is 454 g/mol. The third kappa shape index (κ3) is 5.89. The van der Waals surface area contributed by atoms with Crippen molar-refractivity contribution in [1.29, 1.82) is 0 Å². The molecule has 2 atom stereocenters. The Hall–Kier alpha value is -2.97. The van der Waals surface area contributed by atoms with Gasteiger partial charge < -0.3 is 24.8 Å². The van der Waals surface area contributed by atoms with Gasteiger partial charge in [0.2, 0.25) is 5.88 Å². The molecule has 2 aliphatic heterocycles. The van der Waals surface area contributed by atoms with Gasteiger partial charge in [0, 0.05) is 62.8 Å². The molecule has 8 nitrogen and oxygen atoms in total. The van der Waals surface area contributed by atoms with E-state index in [0.717, 1.165) is 13.0 Å². The van der Waals surface area contributed by atoms with Gasteiger partial charge in [0.05, 0.1) is 13.2 Å². The second-order valence-corrected chi connectivity index (χ2v) is 8.65. The lowest BCUT2D eigenvalue weighted by Gasteiger charge is -2.30. The highest BCUT2D eigenvalue weighted by atomic mass is 16.5. The predicted molar refractivity (Wildman–Crippen MR) is 122 cm³/mol. The number of Topliss-reactive ketones (excluding diaryl/α,β-unsaturated/α-hetero) is 1. The zero-order chi connectivity index (χ0) is 23.2. The minimum Gasteiger partial charge on any atom is -0.474 e. The molecule has 0 saturated carbocycles. The van der Waals surface area contributed by atoms with Crippen LogP contribution in [0.5, 0.6) is 5.88 Å². The number of hydrogen-bond donors (Lipinski definition) is 2. The molecule has 1 aromatic carbocycles. The smallest absolute Gasteiger partial charge is 0.409 e. The number of aromatic nitrogens is 1. The third-order valence-corrected chi connectivity index (χ3v) is 6.47. The molecule has 2 aromatic rings. The summed E-state index contributed by atoms with van der Waals surface area (Å²) in [5, 5.41) is 14.0. The first kappa shape index (κ1) is 23.2. The Kier molecular flexibility index (Phi) is 7.57. The molecule has 1 amide bonds. The minimum atomic E-state index is -0.589. The zero-order valence-corrected chi connectivity index (χ0v) is 18.9. The monoisotopic (exact) mass is 453 g/mol. The number of likely N-dealkylation sites (tertiary alicyclic amines) is 1. The van der Waals surface area contributed by atoms with Crippen molar-refractivity contribution in [3.63, 3.8) is 0 Å². The van der Waals surface area contributed by atoms with Crippen LogP contribution in [0.15, 0.2) is 42.6 Å². The normalized spacial score (nSPS) is 19.5. The van der Waals surface area contributed by atoms with E-state index in [-0.39, 0.29) is 30.4 Å². The van der Waals surface area contributed by atoms with Crippen molar-refractivity contribution >= 4 is 11.9 Å². The van der Waals surface area contributed by atoms with Crippen molar-refractivity contribution in [2.24, 2.45) is 0 Å². The molecule has 0 unspecified atom stereocenters. The number of ketones is 1. The molecule has 1 fully saturated rings. The quantitative estimate of drug-likeness (QED) is 0.622. The van der Waals surface area contributed by atoms with E-state index in [4.69, 9.17) is 9.47 Å². The molecular weight excluding hydrogens is 422 g/mol. The molecule has 0 aliphatic carbocycles. The number of nitrogens with one attached hydrogen (secondary N) is 1. The van der Waals surface area contributed by atoms with E-state index in [0.29, 0.717) is 43.8 Å². The highest BCUT2D eigenvalue weighted by molar-refractivity contribution is 5.95. The Bertz CT molecular complexity index is 957. The van der Waals surface area contributed by atoms with Gasteiger partial charge in [0.25, 0.3) is 0 Å². The van der Waals surface area contributed by atoms with Crippen molar-refractivity contribution in [2.45, 2.75) is 56.9 Å². The van der Waals surface area contributed by atoms with Crippen molar-refractivity contribution in [1.82, 2.24) is 15.2 Å². The van der Waals surface area contributed by atoms with Gasteiger partial charge in [-0.3, -0.25) is 4.79 Å². The number of nitrogens with zero attached hydrogens (tertiary/aromatic N) is 2. The molecule has 176 valence electrons. The lowest BCUT2D eigenvalue weighted by Crippen LogP contribution is -2.44. The first-order valence-electron chi connectivity index (χ1n) is 11.5. The molecule has 3 heterocycles. The number of fused-ring (bicyclic) bond motifs is 1. The number of ether oxygens (including phenoxy) is 2. The molecular formula is C25H31N3O5. The highest BCUT2D eigenvalue weighted by Crippen LogP contribution is 2.21. The fourth-order valence-corrected chi connectivity index (χ4v) is 4.45. The van der Waals surface area contributed by atoms with Gasteiger partial charge in [0.15, 0.2) is 5.78 Å². The molecule has 33 heavy (non-hydrogen) atoms. The summed E-state index contributed by atoms with van der Waals surface area (Å²) < 4.78 is 10.7. The second kappa shape index (κ2) is 10.8. The Labute approximate surface area is 193 Å². The summed E-state index contributed by atoms with van der Waals surface area (Å²) in [6.45, 7) is 1.90. The summed E-state index contributed by atoms with van der Waals surface area (Å²) in [6.07, 6.45) is 3.43. The maximum Gasteiger partial charge on any atom is 0.409 e. The molecule has 1 aromatic heterocycles.